The zero-order chi connectivity index (χ0) is 47.2. The summed E-state index contributed by atoms with van der Waals surface area (Å²) in [4.78, 5) is 50.6. The molecule has 0 aliphatic carbocycles. The molecule has 62 heavy (non-hydrogen) atoms. The molecule has 0 radical (unpaired) electrons. The second-order valence-electron chi connectivity index (χ2n) is 15.3. The molecule has 0 aromatic carbocycles. The number of carbonyl (C=O) groups excluding carboxylic acids is 3. The van der Waals surface area contributed by atoms with Gasteiger partial charge in [0.1, 0.15) is 45.2 Å². The summed E-state index contributed by atoms with van der Waals surface area (Å²) in [5.41, 5.74) is 17.8. The quantitative estimate of drug-likeness (QED) is 0.0842. The number of pyridine rings is 4. The van der Waals surface area contributed by atoms with Crippen LogP contribution in [0.2, 0.25) is 10.3 Å². The fourth-order valence-corrected chi connectivity index (χ4v) is 3.55. The van der Waals surface area contributed by atoms with E-state index >= 15 is 0 Å². The zero-order valence-electron chi connectivity index (χ0n) is 35.4. The number of anilines is 6. The van der Waals surface area contributed by atoms with Gasteiger partial charge in [0.15, 0.2) is 0 Å². The van der Waals surface area contributed by atoms with Crippen LogP contribution in [0.15, 0.2) is 54.6 Å². The molecule has 0 aliphatic rings. The molecule has 0 unspecified atom stereocenters. The van der Waals surface area contributed by atoms with Crippen molar-refractivity contribution < 1.29 is 32.6 Å². The summed E-state index contributed by atoms with van der Waals surface area (Å²) in [7, 11) is 0. The summed E-state index contributed by atoms with van der Waals surface area (Å²) in [6, 6.07) is 15.8. The maximum atomic E-state index is 11.7. The van der Waals surface area contributed by atoms with Crippen molar-refractivity contribution in [2.45, 2.75) is 97.9 Å². The molecule has 13 nitrogen and oxygen atoms in total. The van der Waals surface area contributed by atoms with Crippen LogP contribution in [0.4, 0.5) is 34.9 Å². The van der Waals surface area contributed by atoms with Crippen LogP contribution in [0.25, 0.3) is 0 Å². The van der Waals surface area contributed by atoms with Crippen LogP contribution in [0.1, 0.15) is 93.9 Å². The van der Waals surface area contributed by atoms with E-state index in [0.717, 1.165) is 16.7 Å². The molecule has 3 amide bonds. The minimum atomic E-state index is -0.434. The predicted octanol–water partition coefficient (Wildman–Crippen LogP) is 11.0. The normalized spacial score (nSPS) is 10.3. The van der Waals surface area contributed by atoms with Gasteiger partial charge in [-0.25, -0.2) is 19.9 Å². The van der Waals surface area contributed by atoms with E-state index in [1.807, 2.05) is 101 Å². The number of hydrogen-bond donors (Lipinski definition) is 6. The zero-order valence-corrected chi connectivity index (χ0v) is 51.3. The number of nitrogen functional groups attached to an aromatic ring is 3. The number of carbonyl (C=O) groups is 3. The molecule has 22 heteroatoms. The van der Waals surface area contributed by atoms with E-state index in [1.165, 1.54) is 0 Å². The Balaban J connectivity index is -0.000000344. The monoisotopic (exact) mass is 1610 g/mol. The van der Waals surface area contributed by atoms with Gasteiger partial charge in [-0.3, -0.25) is 14.4 Å². The molecular weight excluding hydrogens is 1550 g/mol. The number of hydrogen-bond acceptors (Lipinski definition) is 10. The standard InChI is InChI=1S/C11H15ClN2O.C11H17N3O.C10H13ClN2O.C6H9N3.2CH4.I3.3HI.V/c2*1-7-5-6-8(12)13-9(7)14-10(15)11(2,3)4;1-10(2,3)9(14)13-8-6-4-5-7(11)12-8;1-4-2-3-5(7)9-6(4)8;;;1-3-2;;;;/h5-6H,1-4H3,(H,13,14,15);5-6H,1-4H3,(H3,12,13,14,15);4-6H,1-3H3,(H,12,13,14);2-3H,1H3,(H4,7,8,9);2*1H4;;3*1H;/q;;;;;;-1;;;;+3/p-3. The van der Waals surface area contributed by atoms with Crippen LogP contribution in [-0.2, 0) is 19.3 Å². The average molecular weight is 1610 g/mol. The van der Waals surface area contributed by atoms with Crippen molar-refractivity contribution in [2.24, 2.45) is 16.2 Å². The van der Waals surface area contributed by atoms with Gasteiger partial charge in [-0.15, -0.1) is 0 Å². The molecule has 0 bridgehead atoms. The maximum absolute atomic E-state index is 11.7. The number of rotatable bonds is 3. The number of halogens is 8. The Labute approximate surface area is 447 Å². The molecule has 0 aliphatic heterocycles. The molecule has 4 heterocycles. The van der Waals surface area contributed by atoms with Crippen LogP contribution >= 0.6 is 120 Å². The molecule has 0 saturated carbocycles. The van der Waals surface area contributed by atoms with Gasteiger partial charge in [0.2, 0.25) is 17.7 Å². The number of nitrogens with two attached hydrogens (primary N) is 3. The first-order valence-electron chi connectivity index (χ1n) is 17.4. The number of aryl methyl sites for hydroxylation is 3. The van der Waals surface area contributed by atoms with E-state index in [2.05, 4.69) is 133 Å². The van der Waals surface area contributed by atoms with Crippen molar-refractivity contribution in [3.8, 4) is 0 Å². The summed E-state index contributed by atoms with van der Waals surface area (Å²) in [5, 5.41) is 8.96. The number of aromatic nitrogens is 4. The minimum absolute atomic E-state index is 0. The summed E-state index contributed by atoms with van der Waals surface area (Å²) >= 11 is 24.1. The average Bonchev–Trinajstić information content (AvgIpc) is 3.09. The van der Waals surface area contributed by atoms with Crippen LogP contribution < -0.4 is 46.4 Å². The Kier molecular flexibility index (Phi) is 37.9. The summed E-state index contributed by atoms with van der Waals surface area (Å²) < 4.78 is 0. The van der Waals surface area contributed by atoms with Crippen LogP contribution in [0, 0.1) is 37.0 Å². The molecule has 9 N–H and O–H groups in total. The Bertz CT molecular complexity index is 1890. The van der Waals surface area contributed by atoms with Gasteiger partial charge >= 0.3 is 115 Å². The fourth-order valence-electron chi connectivity index (χ4n) is 3.23. The Morgan fingerprint density at radius 3 is 1.27 bits per heavy atom. The van der Waals surface area contributed by atoms with Gasteiger partial charge in [0, 0.05) is 16.2 Å². The van der Waals surface area contributed by atoms with E-state index in [1.54, 1.807) is 36.4 Å². The van der Waals surface area contributed by atoms with Crippen molar-refractivity contribution in [1.82, 2.24) is 19.9 Å². The van der Waals surface area contributed by atoms with E-state index in [9.17, 15) is 14.4 Å². The van der Waals surface area contributed by atoms with Gasteiger partial charge in [-0.05, 0) is 67.8 Å². The first-order valence-corrected chi connectivity index (χ1v) is 44.3. The van der Waals surface area contributed by atoms with Crippen LogP contribution in [0.5, 0.6) is 0 Å². The van der Waals surface area contributed by atoms with Gasteiger partial charge in [-0.1, -0.05) is 125 Å². The summed E-state index contributed by atoms with van der Waals surface area (Å²) in [5.74, 6) is 2.73. The van der Waals surface area contributed by atoms with E-state index in [0.29, 0.717) is 58.5 Å². The Morgan fingerprint density at radius 1 is 0.565 bits per heavy atom. The number of nitrogens with one attached hydrogen (secondary N) is 3. The van der Waals surface area contributed by atoms with Crippen molar-refractivity contribution in [3.63, 3.8) is 0 Å². The third kappa shape index (κ3) is 33.4. The second-order valence-corrected chi connectivity index (χ2v) is 67.7. The molecule has 4 aromatic heterocycles. The molecular formula is C40H62Cl2I6N10O3V-. The third-order valence-corrected chi connectivity index (χ3v) is 7.22. The molecule has 4 rings (SSSR count). The number of amides is 3. The van der Waals surface area contributed by atoms with Crippen LogP contribution in [0.3, 0.4) is 0 Å². The summed E-state index contributed by atoms with van der Waals surface area (Å²) in [6.07, 6.45) is 0. The van der Waals surface area contributed by atoms with Gasteiger partial charge in [0.05, 0.1) is 0 Å². The van der Waals surface area contributed by atoms with Gasteiger partial charge in [0.25, 0.3) is 0 Å². The first kappa shape index (κ1) is 68.5. The summed E-state index contributed by atoms with van der Waals surface area (Å²) in [6.45, 7) is 22.3. The molecule has 0 atom stereocenters. The molecule has 0 spiro atoms. The van der Waals surface area contributed by atoms with Gasteiger partial charge < -0.3 is 33.2 Å². The number of nitrogens with zero attached hydrogens (tertiary/aromatic N) is 4. The van der Waals surface area contributed by atoms with Crippen molar-refractivity contribution in [1.29, 1.82) is 0 Å². The predicted molar refractivity (Wildman–Crippen MR) is 302 cm³/mol. The second kappa shape index (κ2) is 34.3. The first-order chi connectivity index (χ1) is 27.3. The van der Waals surface area contributed by atoms with Crippen molar-refractivity contribution >= 4 is 173 Å². The van der Waals surface area contributed by atoms with Gasteiger partial charge in [-0.2, -0.15) is 0 Å². The fraction of sp³-hybridized carbons (Fsp3) is 0.425. The molecule has 0 saturated heterocycles. The van der Waals surface area contributed by atoms with E-state index < -0.39 is 16.2 Å². The van der Waals surface area contributed by atoms with Crippen molar-refractivity contribution in [2.75, 3.05) is 33.2 Å². The van der Waals surface area contributed by atoms with E-state index in [-0.39, 0.29) is 37.5 Å². The molecule has 352 valence electrons. The molecule has 0 fully saturated rings. The van der Waals surface area contributed by atoms with Crippen LogP contribution in [-0.4, -0.2) is 37.7 Å². The Morgan fingerprint density at radius 2 is 0.903 bits per heavy atom. The molecule has 4 aromatic rings. The third-order valence-electron chi connectivity index (χ3n) is 6.80. The SMILES string of the molecule is C.C.CC(C)(C)C(=O)Nc1cccc(Cl)n1.Cc1ccc(Cl)nc1NC(=O)C(C)(C)C.Cc1ccc(N)nc1N.Cc1ccc(N)nc1NC(=O)C(C)(C)C.I[I-]I.[I][V]([I])[I]. The van der Waals surface area contributed by atoms with E-state index in [4.69, 9.17) is 40.4 Å². The van der Waals surface area contributed by atoms with Crippen molar-refractivity contribution in [3.05, 3.63) is 81.6 Å². The topological polar surface area (TPSA) is 217 Å². The Hall–Kier alpha value is -0.0456.